The maximum absolute atomic E-state index is 6.00. The number of hydrogen-bond donors (Lipinski definition) is 0. The summed E-state index contributed by atoms with van der Waals surface area (Å²) >= 11 is 15.2. The minimum absolute atomic E-state index is 0.282. The van der Waals surface area contributed by atoms with E-state index in [2.05, 4.69) is 26.1 Å². The van der Waals surface area contributed by atoms with Crippen molar-refractivity contribution in [3.05, 3.63) is 39.3 Å². The molecule has 2 rings (SSSR count). The molecule has 0 fully saturated rings. The summed E-state index contributed by atoms with van der Waals surface area (Å²) in [6.45, 7) is 0. The molecule has 3 nitrogen and oxygen atoms in total. The third-order valence-electron chi connectivity index (χ3n) is 1.67. The van der Waals surface area contributed by atoms with E-state index >= 15 is 0 Å². The van der Waals surface area contributed by atoms with Crippen molar-refractivity contribution in [2.24, 2.45) is 0 Å². The van der Waals surface area contributed by atoms with E-state index in [9.17, 15) is 0 Å². The summed E-state index contributed by atoms with van der Waals surface area (Å²) < 4.78 is 2.52. The highest BCUT2D eigenvalue weighted by molar-refractivity contribution is 9.10. The summed E-state index contributed by atoms with van der Waals surface area (Å²) in [4.78, 5) is 0. The van der Waals surface area contributed by atoms with E-state index in [1.807, 2.05) is 12.1 Å². The standard InChI is InChI=1S/C8H4BrCl2N3/c9-5-1-2-6(10)7(3-5)14-4-12-13-8(14)11/h1-4H. The van der Waals surface area contributed by atoms with Gasteiger partial charge in [0.25, 0.3) is 0 Å². The molecule has 0 saturated heterocycles. The first-order valence-electron chi connectivity index (χ1n) is 3.69. The van der Waals surface area contributed by atoms with Crippen LogP contribution in [0.25, 0.3) is 5.69 Å². The first-order chi connectivity index (χ1) is 6.68. The lowest BCUT2D eigenvalue weighted by atomic mass is 10.3. The molecule has 0 aliphatic carbocycles. The number of nitrogens with zero attached hydrogens (tertiary/aromatic N) is 3. The molecule has 0 aliphatic heterocycles. The van der Waals surface area contributed by atoms with Gasteiger partial charge in [0.15, 0.2) is 0 Å². The van der Waals surface area contributed by atoms with E-state index in [1.54, 1.807) is 10.6 Å². The van der Waals surface area contributed by atoms with Crippen LogP contribution in [0.4, 0.5) is 0 Å². The van der Waals surface area contributed by atoms with Crippen LogP contribution in [-0.2, 0) is 0 Å². The van der Waals surface area contributed by atoms with Crippen molar-refractivity contribution in [2.75, 3.05) is 0 Å². The van der Waals surface area contributed by atoms with E-state index in [0.717, 1.165) is 10.2 Å². The van der Waals surface area contributed by atoms with Crippen molar-refractivity contribution in [1.82, 2.24) is 14.8 Å². The molecule has 1 heterocycles. The van der Waals surface area contributed by atoms with E-state index in [0.29, 0.717) is 5.02 Å². The van der Waals surface area contributed by atoms with Crippen LogP contribution in [0.2, 0.25) is 10.3 Å². The predicted octanol–water partition coefficient (Wildman–Crippen LogP) is 3.34. The molecule has 0 unspecified atom stereocenters. The Morgan fingerprint density at radius 3 is 2.71 bits per heavy atom. The molecule has 1 aromatic carbocycles. The fourth-order valence-electron chi connectivity index (χ4n) is 1.05. The molecular formula is C8H4BrCl2N3. The van der Waals surface area contributed by atoms with Crippen LogP contribution in [0.5, 0.6) is 0 Å². The molecule has 0 amide bonds. The summed E-state index contributed by atoms with van der Waals surface area (Å²) in [5.74, 6) is 0. The zero-order chi connectivity index (χ0) is 10.1. The molecule has 0 N–H and O–H groups in total. The lowest BCUT2D eigenvalue weighted by Gasteiger charge is -2.05. The second-order valence-corrected chi connectivity index (χ2v) is 4.23. The molecule has 1 aromatic heterocycles. The van der Waals surface area contributed by atoms with Crippen molar-refractivity contribution in [2.45, 2.75) is 0 Å². The van der Waals surface area contributed by atoms with Crippen LogP contribution in [0.15, 0.2) is 29.0 Å². The van der Waals surface area contributed by atoms with Crippen molar-refractivity contribution >= 4 is 39.1 Å². The van der Waals surface area contributed by atoms with Gasteiger partial charge in [0.05, 0.1) is 10.7 Å². The Morgan fingerprint density at radius 2 is 2.07 bits per heavy atom. The average molecular weight is 293 g/mol. The zero-order valence-electron chi connectivity index (χ0n) is 6.78. The van der Waals surface area contributed by atoms with Gasteiger partial charge in [-0.3, -0.25) is 4.57 Å². The SMILES string of the molecule is Clc1ccc(Br)cc1-n1cnnc1Cl. The predicted molar refractivity (Wildman–Crippen MR) is 59.1 cm³/mol. The molecule has 0 saturated carbocycles. The first-order valence-corrected chi connectivity index (χ1v) is 5.24. The molecule has 0 radical (unpaired) electrons. The van der Waals surface area contributed by atoms with Gasteiger partial charge in [0.2, 0.25) is 5.28 Å². The fraction of sp³-hybridized carbons (Fsp3) is 0. The number of halogens is 3. The molecule has 0 aliphatic rings. The highest BCUT2D eigenvalue weighted by atomic mass is 79.9. The second-order valence-electron chi connectivity index (χ2n) is 2.57. The molecule has 0 spiro atoms. The van der Waals surface area contributed by atoms with Crippen LogP contribution >= 0.6 is 39.1 Å². The normalized spacial score (nSPS) is 10.5. The van der Waals surface area contributed by atoms with Gasteiger partial charge in [0, 0.05) is 4.47 Å². The minimum atomic E-state index is 0.282. The van der Waals surface area contributed by atoms with Gasteiger partial charge in [-0.15, -0.1) is 10.2 Å². The average Bonchev–Trinajstić information content (AvgIpc) is 2.56. The van der Waals surface area contributed by atoms with Gasteiger partial charge in [-0.2, -0.15) is 0 Å². The largest absolute Gasteiger partial charge is 0.271 e. The molecule has 0 atom stereocenters. The van der Waals surface area contributed by atoms with Gasteiger partial charge < -0.3 is 0 Å². The lowest BCUT2D eigenvalue weighted by molar-refractivity contribution is 1.05. The monoisotopic (exact) mass is 291 g/mol. The van der Waals surface area contributed by atoms with E-state index < -0.39 is 0 Å². The van der Waals surface area contributed by atoms with Crippen LogP contribution < -0.4 is 0 Å². The molecule has 14 heavy (non-hydrogen) atoms. The zero-order valence-corrected chi connectivity index (χ0v) is 9.88. The Morgan fingerprint density at radius 1 is 1.29 bits per heavy atom. The first kappa shape index (κ1) is 9.96. The van der Waals surface area contributed by atoms with E-state index in [-0.39, 0.29) is 5.28 Å². The fourth-order valence-corrected chi connectivity index (χ4v) is 1.79. The Balaban J connectivity index is 2.62. The van der Waals surface area contributed by atoms with Crippen molar-refractivity contribution in [3.8, 4) is 5.69 Å². The second kappa shape index (κ2) is 3.88. The van der Waals surface area contributed by atoms with Crippen molar-refractivity contribution < 1.29 is 0 Å². The van der Waals surface area contributed by atoms with E-state index in [4.69, 9.17) is 23.2 Å². The maximum atomic E-state index is 6.00. The quantitative estimate of drug-likeness (QED) is 0.807. The van der Waals surface area contributed by atoms with Gasteiger partial charge in [0.1, 0.15) is 6.33 Å². The van der Waals surface area contributed by atoms with Crippen LogP contribution in [0.1, 0.15) is 0 Å². The Hall–Kier alpha value is -0.580. The molecular weight excluding hydrogens is 289 g/mol. The summed E-state index contributed by atoms with van der Waals surface area (Å²) in [6.07, 6.45) is 1.51. The van der Waals surface area contributed by atoms with Crippen LogP contribution in [-0.4, -0.2) is 14.8 Å². The number of aromatic nitrogens is 3. The Kier molecular flexibility index (Phi) is 2.76. The Bertz CT molecular complexity index is 469. The third kappa shape index (κ3) is 1.78. The molecule has 6 heteroatoms. The van der Waals surface area contributed by atoms with Gasteiger partial charge in [-0.05, 0) is 29.8 Å². The molecule has 0 bridgehead atoms. The Labute approximate surface area is 98.8 Å². The number of rotatable bonds is 1. The summed E-state index contributed by atoms with van der Waals surface area (Å²) in [6, 6.07) is 5.47. The summed E-state index contributed by atoms with van der Waals surface area (Å²) in [5, 5.41) is 8.22. The molecule has 72 valence electrons. The van der Waals surface area contributed by atoms with Gasteiger partial charge >= 0.3 is 0 Å². The number of benzene rings is 1. The van der Waals surface area contributed by atoms with Crippen LogP contribution in [0.3, 0.4) is 0 Å². The van der Waals surface area contributed by atoms with Crippen molar-refractivity contribution in [1.29, 1.82) is 0 Å². The number of hydrogen-bond acceptors (Lipinski definition) is 2. The van der Waals surface area contributed by atoms with Gasteiger partial charge in [-0.1, -0.05) is 27.5 Å². The maximum Gasteiger partial charge on any atom is 0.229 e. The topological polar surface area (TPSA) is 30.7 Å². The van der Waals surface area contributed by atoms with Gasteiger partial charge in [-0.25, -0.2) is 0 Å². The smallest absolute Gasteiger partial charge is 0.229 e. The third-order valence-corrected chi connectivity index (χ3v) is 2.74. The van der Waals surface area contributed by atoms with Crippen LogP contribution in [0, 0.1) is 0 Å². The van der Waals surface area contributed by atoms with E-state index in [1.165, 1.54) is 6.33 Å². The van der Waals surface area contributed by atoms with Crippen molar-refractivity contribution in [3.63, 3.8) is 0 Å². The highest BCUT2D eigenvalue weighted by Gasteiger charge is 2.07. The summed E-state index contributed by atoms with van der Waals surface area (Å²) in [7, 11) is 0. The lowest BCUT2D eigenvalue weighted by Crippen LogP contribution is -1.93. The minimum Gasteiger partial charge on any atom is -0.271 e. The highest BCUT2D eigenvalue weighted by Crippen LogP contribution is 2.26. The molecule has 2 aromatic rings. The summed E-state index contributed by atoms with van der Waals surface area (Å²) in [5.41, 5.74) is 0.746.